The molecule has 1 heterocycles. The van der Waals surface area contributed by atoms with Crippen LogP contribution in [0.1, 0.15) is 27.1 Å². The summed E-state index contributed by atoms with van der Waals surface area (Å²) in [5.74, 6) is -1.21. The van der Waals surface area contributed by atoms with Crippen molar-refractivity contribution in [2.45, 2.75) is 6.42 Å². The quantitative estimate of drug-likeness (QED) is 0.718. The zero-order valence-electron chi connectivity index (χ0n) is 15.9. The first-order valence-electron chi connectivity index (χ1n) is 9.37. The van der Waals surface area contributed by atoms with Crippen molar-refractivity contribution < 1.29 is 24.6 Å². The maximum Gasteiger partial charge on any atom is 0.254 e. The third-order valence-electron chi connectivity index (χ3n) is 4.72. The van der Waals surface area contributed by atoms with Gasteiger partial charge in [-0.2, -0.15) is 0 Å². The molecule has 0 bridgehead atoms. The van der Waals surface area contributed by atoms with Crippen LogP contribution in [0.15, 0.2) is 48.5 Å². The van der Waals surface area contributed by atoms with Gasteiger partial charge >= 0.3 is 0 Å². The molecule has 1 fully saturated rings. The second-order valence-corrected chi connectivity index (χ2v) is 6.81. The maximum atomic E-state index is 12.6. The summed E-state index contributed by atoms with van der Waals surface area (Å²) in [6.45, 7) is 1.50. The molecule has 29 heavy (non-hydrogen) atoms. The van der Waals surface area contributed by atoms with Gasteiger partial charge in [0.15, 0.2) is 0 Å². The Hall–Kier alpha value is -3.55. The van der Waals surface area contributed by atoms with E-state index < -0.39 is 0 Å². The molecule has 0 unspecified atom stereocenters. The summed E-state index contributed by atoms with van der Waals surface area (Å²) in [6, 6.07) is 12.4. The van der Waals surface area contributed by atoms with Gasteiger partial charge < -0.3 is 25.3 Å². The van der Waals surface area contributed by atoms with E-state index in [1.165, 1.54) is 12.1 Å². The number of aromatic hydroxyl groups is 2. The molecule has 3 N–H and O–H groups in total. The van der Waals surface area contributed by atoms with Crippen molar-refractivity contribution in [3.05, 3.63) is 59.7 Å². The van der Waals surface area contributed by atoms with E-state index in [1.807, 2.05) is 6.07 Å². The lowest BCUT2D eigenvalue weighted by Crippen LogP contribution is -2.42. The van der Waals surface area contributed by atoms with E-state index in [9.17, 15) is 24.6 Å². The molecule has 0 spiro atoms. The topological polar surface area (TPSA) is 110 Å². The lowest BCUT2D eigenvalue weighted by atomic mass is 10.1. The molecule has 1 aliphatic heterocycles. The van der Waals surface area contributed by atoms with E-state index in [1.54, 1.807) is 34.1 Å². The highest BCUT2D eigenvalue weighted by Crippen LogP contribution is 2.22. The predicted molar refractivity (Wildman–Crippen MR) is 106 cm³/mol. The number of nitrogens with zero attached hydrogens (tertiary/aromatic N) is 2. The number of carbonyl (C=O) groups is 3. The molecule has 152 valence electrons. The standard InChI is InChI=1S/C21H23N3O5/c25-17-11-16(12-18(26)13-17)21(29)24-8-4-7-23(9-10-24)19(27)14-22-20(28)15-5-2-1-3-6-15/h1-3,5-6,11-13,25-26H,4,7-10,14H2,(H,22,28). The fourth-order valence-electron chi connectivity index (χ4n) is 3.23. The Morgan fingerprint density at radius 2 is 1.45 bits per heavy atom. The van der Waals surface area contributed by atoms with Gasteiger partial charge in [-0.15, -0.1) is 0 Å². The smallest absolute Gasteiger partial charge is 0.254 e. The van der Waals surface area contributed by atoms with Crippen LogP contribution in [0.4, 0.5) is 0 Å². The van der Waals surface area contributed by atoms with E-state index in [4.69, 9.17) is 0 Å². The number of nitrogens with one attached hydrogen (secondary N) is 1. The van der Waals surface area contributed by atoms with Crippen molar-refractivity contribution in [2.24, 2.45) is 0 Å². The van der Waals surface area contributed by atoms with E-state index >= 15 is 0 Å². The fraction of sp³-hybridized carbons (Fsp3) is 0.286. The van der Waals surface area contributed by atoms with Crippen LogP contribution in [0.2, 0.25) is 0 Å². The molecule has 2 aromatic rings. The van der Waals surface area contributed by atoms with Gasteiger partial charge in [-0.25, -0.2) is 0 Å². The Morgan fingerprint density at radius 1 is 0.828 bits per heavy atom. The van der Waals surface area contributed by atoms with E-state index in [2.05, 4.69) is 5.32 Å². The number of carbonyl (C=O) groups excluding carboxylic acids is 3. The maximum absolute atomic E-state index is 12.6. The minimum Gasteiger partial charge on any atom is -0.508 e. The Bertz CT molecular complexity index is 880. The summed E-state index contributed by atoms with van der Waals surface area (Å²) in [7, 11) is 0. The van der Waals surface area contributed by atoms with Gasteiger partial charge in [0, 0.05) is 43.4 Å². The van der Waals surface area contributed by atoms with Crippen LogP contribution in [0.25, 0.3) is 0 Å². The van der Waals surface area contributed by atoms with Gasteiger partial charge in [0.1, 0.15) is 11.5 Å². The monoisotopic (exact) mass is 397 g/mol. The molecule has 0 aliphatic carbocycles. The summed E-state index contributed by atoms with van der Waals surface area (Å²) >= 11 is 0. The first-order valence-corrected chi connectivity index (χ1v) is 9.37. The van der Waals surface area contributed by atoms with Crippen molar-refractivity contribution in [3.8, 4) is 11.5 Å². The van der Waals surface area contributed by atoms with E-state index in [-0.39, 0.29) is 41.3 Å². The first kappa shape index (κ1) is 20.2. The lowest BCUT2D eigenvalue weighted by Gasteiger charge is -2.22. The van der Waals surface area contributed by atoms with Gasteiger partial charge in [-0.05, 0) is 30.7 Å². The summed E-state index contributed by atoms with van der Waals surface area (Å²) in [6.07, 6.45) is 0.592. The zero-order valence-corrected chi connectivity index (χ0v) is 15.9. The van der Waals surface area contributed by atoms with Crippen LogP contribution in [0.5, 0.6) is 11.5 Å². The zero-order chi connectivity index (χ0) is 20.8. The third-order valence-corrected chi connectivity index (χ3v) is 4.72. The molecular weight excluding hydrogens is 374 g/mol. The van der Waals surface area contributed by atoms with Crippen LogP contribution in [0, 0.1) is 0 Å². The van der Waals surface area contributed by atoms with Gasteiger partial charge in [0.2, 0.25) is 5.91 Å². The van der Waals surface area contributed by atoms with Crippen molar-refractivity contribution in [2.75, 3.05) is 32.7 Å². The van der Waals surface area contributed by atoms with E-state index in [0.29, 0.717) is 38.2 Å². The van der Waals surface area contributed by atoms with Crippen molar-refractivity contribution in [3.63, 3.8) is 0 Å². The van der Waals surface area contributed by atoms with Crippen molar-refractivity contribution in [1.82, 2.24) is 15.1 Å². The van der Waals surface area contributed by atoms with E-state index in [0.717, 1.165) is 6.07 Å². The van der Waals surface area contributed by atoms with Gasteiger partial charge in [-0.1, -0.05) is 18.2 Å². The molecule has 0 atom stereocenters. The molecule has 0 radical (unpaired) electrons. The minimum atomic E-state index is -0.317. The average Bonchev–Trinajstić information content (AvgIpc) is 2.97. The molecular formula is C21H23N3O5. The lowest BCUT2D eigenvalue weighted by molar-refractivity contribution is -0.129. The highest BCUT2D eigenvalue weighted by Gasteiger charge is 2.23. The van der Waals surface area contributed by atoms with Crippen LogP contribution in [0.3, 0.4) is 0 Å². The van der Waals surface area contributed by atoms with Gasteiger partial charge in [-0.3, -0.25) is 14.4 Å². The molecule has 8 nitrogen and oxygen atoms in total. The predicted octanol–water partition coefficient (Wildman–Crippen LogP) is 1.20. The van der Waals surface area contributed by atoms with Crippen molar-refractivity contribution >= 4 is 17.7 Å². The van der Waals surface area contributed by atoms with Crippen molar-refractivity contribution in [1.29, 1.82) is 0 Å². The second-order valence-electron chi connectivity index (χ2n) is 6.81. The summed E-state index contributed by atoms with van der Waals surface area (Å²) in [4.78, 5) is 40.4. The van der Waals surface area contributed by atoms with Crippen LogP contribution >= 0.6 is 0 Å². The molecule has 1 saturated heterocycles. The highest BCUT2D eigenvalue weighted by atomic mass is 16.3. The third kappa shape index (κ3) is 5.25. The number of phenolic OH excluding ortho intramolecular Hbond substituents is 2. The van der Waals surface area contributed by atoms with Crippen LogP contribution < -0.4 is 5.32 Å². The largest absolute Gasteiger partial charge is 0.508 e. The molecule has 1 aliphatic rings. The normalized spacial score (nSPS) is 14.2. The van der Waals surface area contributed by atoms with Crippen LogP contribution in [-0.2, 0) is 4.79 Å². The molecule has 0 aromatic heterocycles. The first-order chi connectivity index (χ1) is 13.9. The summed E-state index contributed by atoms with van der Waals surface area (Å²) in [5, 5.41) is 21.8. The molecule has 8 heteroatoms. The van der Waals surface area contributed by atoms with Gasteiger partial charge in [0.05, 0.1) is 6.54 Å². The molecule has 0 saturated carbocycles. The van der Waals surface area contributed by atoms with Gasteiger partial charge in [0.25, 0.3) is 11.8 Å². The minimum absolute atomic E-state index is 0.109. The second kappa shape index (κ2) is 9.09. The Kier molecular flexibility index (Phi) is 6.33. The number of amides is 3. The summed E-state index contributed by atoms with van der Waals surface area (Å²) in [5.41, 5.74) is 0.680. The SMILES string of the molecule is O=C(NCC(=O)N1CCCN(C(=O)c2cc(O)cc(O)c2)CC1)c1ccccc1. The average molecular weight is 397 g/mol. The molecule has 3 rings (SSSR count). The number of hydrogen-bond acceptors (Lipinski definition) is 5. The Morgan fingerprint density at radius 3 is 2.14 bits per heavy atom. The number of phenols is 2. The number of benzene rings is 2. The van der Waals surface area contributed by atoms with Crippen LogP contribution in [-0.4, -0.2) is 70.5 Å². The number of rotatable bonds is 4. The fourth-order valence-corrected chi connectivity index (χ4v) is 3.23. The Labute approximate surface area is 168 Å². The molecule has 2 aromatic carbocycles. The molecule has 3 amide bonds. The highest BCUT2D eigenvalue weighted by molar-refractivity contribution is 5.96. The Balaban J connectivity index is 1.54. The summed E-state index contributed by atoms with van der Waals surface area (Å²) < 4.78 is 0. The number of hydrogen-bond donors (Lipinski definition) is 3.